The molecule has 1 aromatic rings. The number of hydrazine groups is 1. The molecule has 3 N–H and O–H groups in total. The molecule has 0 bridgehead atoms. The van der Waals surface area contributed by atoms with E-state index in [1.807, 2.05) is 0 Å². The van der Waals surface area contributed by atoms with Gasteiger partial charge in [-0.25, -0.2) is 5.01 Å². The van der Waals surface area contributed by atoms with Crippen molar-refractivity contribution in [3.05, 3.63) is 12.1 Å². The molecule has 1 fully saturated rings. The van der Waals surface area contributed by atoms with Gasteiger partial charge in [-0.15, -0.1) is 0 Å². The van der Waals surface area contributed by atoms with Gasteiger partial charge in [-0.1, -0.05) is 0 Å². The van der Waals surface area contributed by atoms with E-state index < -0.39 is 0 Å². The first kappa shape index (κ1) is 11.9. The van der Waals surface area contributed by atoms with Crippen LogP contribution in [0.5, 0.6) is 5.88 Å². The number of methoxy groups -OCH3 is 1. The molecule has 0 aromatic carbocycles. The molecule has 1 aliphatic heterocycles. The van der Waals surface area contributed by atoms with Crippen molar-refractivity contribution in [3.8, 4) is 5.88 Å². The summed E-state index contributed by atoms with van der Waals surface area (Å²) in [6.07, 6.45) is 0. The van der Waals surface area contributed by atoms with E-state index in [4.69, 9.17) is 10.5 Å². The molecular formula is C11H19N5O. The third-order valence-corrected chi connectivity index (χ3v) is 2.88. The van der Waals surface area contributed by atoms with Crippen LogP contribution >= 0.6 is 0 Å². The number of hydrogen-bond donors (Lipinski definition) is 2. The van der Waals surface area contributed by atoms with E-state index >= 15 is 0 Å². The van der Waals surface area contributed by atoms with Crippen LogP contribution in [-0.4, -0.2) is 55.2 Å². The highest BCUT2D eigenvalue weighted by Gasteiger charge is 2.15. The maximum atomic E-state index is 5.87. The van der Waals surface area contributed by atoms with Gasteiger partial charge in [0.2, 0.25) is 5.88 Å². The summed E-state index contributed by atoms with van der Waals surface area (Å²) in [5.74, 6) is 1.23. The van der Waals surface area contributed by atoms with Gasteiger partial charge >= 0.3 is 0 Å². The molecule has 0 amide bonds. The summed E-state index contributed by atoms with van der Waals surface area (Å²) in [7, 11) is 3.72. The first-order valence-corrected chi connectivity index (χ1v) is 5.69. The predicted molar refractivity (Wildman–Crippen MR) is 67.9 cm³/mol. The lowest BCUT2D eigenvalue weighted by Crippen LogP contribution is -2.47. The summed E-state index contributed by atoms with van der Waals surface area (Å²) >= 11 is 0. The number of pyridine rings is 1. The predicted octanol–water partition coefficient (Wildman–Crippen LogP) is 0.247. The van der Waals surface area contributed by atoms with Crippen LogP contribution in [0.4, 0.5) is 11.5 Å². The van der Waals surface area contributed by atoms with Gasteiger partial charge in [0.1, 0.15) is 0 Å². The van der Waals surface area contributed by atoms with Gasteiger partial charge in [-0.3, -0.25) is 0 Å². The number of nitrogens with two attached hydrogens (primary N) is 1. The summed E-state index contributed by atoms with van der Waals surface area (Å²) in [6, 6.07) is 3.55. The van der Waals surface area contributed by atoms with Gasteiger partial charge in [0, 0.05) is 32.2 Å². The Hall–Kier alpha value is -1.53. The number of ether oxygens (including phenoxy) is 1. The molecule has 2 heterocycles. The second-order valence-corrected chi connectivity index (χ2v) is 4.19. The summed E-state index contributed by atoms with van der Waals surface area (Å²) in [4.78, 5) is 6.58. The Balaban J connectivity index is 2.02. The van der Waals surface area contributed by atoms with Crippen molar-refractivity contribution in [2.24, 2.45) is 0 Å². The third-order valence-electron chi connectivity index (χ3n) is 2.88. The molecule has 0 radical (unpaired) electrons. The normalized spacial score (nSPS) is 18.0. The van der Waals surface area contributed by atoms with E-state index in [-0.39, 0.29) is 0 Å². The first-order valence-electron chi connectivity index (χ1n) is 5.69. The number of aromatic nitrogens is 1. The smallest absolute Gasteiger partial charge is 0.215 e. The summed E-state index contributed by atoms with van der Waals surface area (Å²) in [5.41, 5.74) is 9.74. The quantitative estimate of drug-likeness (QED) is 0.785. The lowest BCUT2D eigenvalue weighted by atomic mass is 10.3. The Kier molecular flexibility index (Phi) is 3.65. The molecule has 0 aliphatic carbocycles. The fourth-order valence-electron chi connectivity index (χ4n) is 1.72. The fraction of sp³-hybridized carbons (Fsp3) is 0.545. The Morgan fingerprint density at radius 1 is 1.29 bits per heavy atom. The van der Waals surface area contributed by atoms with Crippen molar-refractivity contribution in [1.29, 1.82) is 0 Å². The van der Waals surface area contributed by atoms with Crippen molar-refractivity contribution in [1.82, 2.24) is 14.9 Å². The molecule has 0 atom stereocenters. The number of nitrogen functional groups attached to an aromatic ring is 1. The van der Waals surface area contributed by atoms with Crippen LogP contribution in [0.15, 0.2) is 12.1 Å². The minimum atomic E-state index is 0.566. The molecule has 1 saturated heterocycles. The number of anilines is 2. The van der Waals surface area contributed by atoms with Crippen LogP contribution < -0.4 is 15.9 Å². The summed E-state index contributed by atoms with van der Waals surface area (Å²) in [6.45, 7) is 3.98. The zero-order valence-corrected chi connectivity index (χ0v) is 10.3. The highest BCUT2D eigenvalue weighted by molar-refractivity contribution is 5.61. The molecule has 17 heavy (non-hydrogen) atoms. The van der Waals surface area contributed by atoms with E-state index in [1.54, 1.807) is 19.2 Å². The lowest BCUT2D eigenvalue weighted by Gasteiger charge is -2.32. The van der Waals surface area contributed by atoms with Gasteiger partial charge in [0.15, 0.2) is 5.82 Å². The Morgan fingerprint density at radius 2 is 2.00 bits per heavy atom. The molecule has 0 saturated carbocycles. The number of nitrogens with zero attached hydrogens (tertiary/aromatic N) is 3. The molecule has 6 nitrogen and oxygen atoms in total. The van der Waals surface area contributed by atoms with Crippen molar-refractivity contribution in [2.45, 2.75) is 0 Å². The standard InChI is InChI=1S/C11H19N5O/c1-15-5-7-16(8-6-15)14-11-9(12)3-4-10(13-11)17-2/h3-4H,5-8,12H2,1-2H3,(H,13,14). The summed E-state index contributed by atoms with van der Waals surface area (Å²) < 4.78 is 5.08. The van der Waals surface area contributed by atoms with Gasteiger partial charge in [-0.2, -0.15) is 4.98 Å². The van der Waals surface area contributed by atoms with E-state index in [0.717, 1.165) is 26.2 Å². The highest BCUT2D eigenvalue weighted by atomic mass is 16.5. The van der Waals surface area contributed by atoms with Crippen LogP contribution in [0.1, 0.15) is 0 Å². The van der Waals surface area contributed by atoms with Gasteiger partial charge in [0.25, 0.3) is 0 Å². The zero-order chi connectivity index (χ0) is 12.3. The molecular weight excluding hydrogens is 218 g/mol. The maximum Gasteiger partial charge on any atom is 0.215 e. The van der Waals surface area contributed by atoms with E-state index in [0.29, 0.717) is 17.4 Å². The Labute approximate surface area is 101 Å². The topological polar surface area (TPSA) is 66.7 Å². The van der Waals surface area contributed by atoms with Crippen molar-refractivity contribution in [3.63, 3.8) is 0 Å². The van der Waals surface area contributed by atoms with Crippen LogP contribution in [0.3, 0.4) is 0 Å². The van der Waals surface area contributed by atoms with Gasteiger partial charge in [0.05, 0.1) is 12.8 Å². The average Bonchev–Trinajstić information content (AvgIpc) is 2.35. The summed E-state index contributed by atoms with van der Waals surface area (Å²) in [5, 5.41) is 2.12. The number of piperazine rings is 1. The molecule has 1 aliphatic rings. The van der Waals surface area contributed by atoms with Crippen molar-refractivity contribution in [2.75, 3.05) is 51.5 Å². The van der Waals surface area contributed by atoms with Crippen LogP contribution in [0, 0.1) is 0 Å². The molecule has 0 spiro atoms. The molecule has 6 heteroatoms. The second kappa shape index (κ2) is 5.20. The van der Waals surface area contributed by atoms with E-state index in [9.17, 15) is 0 Å². The second-order valence-electron chi connectivity index (χ2n) is 4.19. The fourth-order valence-corrected chi connectivity index (χ4v) is 1.72. The highest BCUT2D eigenvalue weighted by Crippen LogP contribution is 2.20. The van der Waals surface area contributed by atoms with Crippen LogP contribution in [0.25, 0.3) is 0 Å². The third kappa shape index (κ3) is 2.98. The average molecular weight is 237 g/mol. The van der Waals surface area contributed by atoms with E-state index in [2.05, 4.69) is 27.4 Å². The van der Waals surface area contributed by atoms with Crippen molar-refractivity contribution < 1.29 is 4.74 Å². The molecule has 0 unspecified atom stereocenters. The van der Waals surface area contributed by atoms with Gasteiger partial charge in [-0.05, 0) is 13.1 Å². The van der Waals surface area contributed by atoms with Gasteiger partial charge < -0.3 is 20.8 Å². The van der Waals surface area contributed by atoms with Crippen LogP contribution in [0.2, 0.25) is 0 Å². The first-order chi connectivity index (χ1) is 8.19. The number of hydrogen-bond acceptors (Lipinski definition) is 6. The SMILES string of the molecule is COc1ccc(N)c(NN2CCN(C)CC2)n1. The number of nitrogens with one attached hydrogen (secondary N) is 1. The Bertz CT molecular complexity index is 376. The minimum Gasteiger partial charge on any atom is -0.481 e. The molecule has 1 aromatic heterocycles. The number of likely N-dealkylation sites (N-methyl/N-ethyl adjacent to an activating group) is 1. The molecule has 2 rings (SSSR count). The maximum absolute atomic E-state index is 5.87. The van der Waals surface area contributed by atoms with E-state index in [1.165, 1.54) is 0 Å². The number of rotatable bonds is 3. The molecule has 94 valence electrons. The monoisotopic (exact) mass is 237 g/mol. The lowest BCUT2D eigenvalue weighted by molar-refractivity contribution is 0.178. The minimum absolute atomic E-state index is 0.566. The van der Waals surface area contributed by atoms with Crippen LogP contribution in [-0.2, 0) is 0 Å². The van der Waals surface area contributed by atoms with Crippen molar-refractivity contribution >= 4 is 11.5 Å². The zero-order valence-electron chi connectivity index (χ0n) is 10.3. The largest absolute Gasteiger partial charge is 0.481 e. The Morgan fingerprint density at radius 3 is 2.65 bits per heavy atom.